The van der Waals surface area contributed by atoms with Crippen LogP contribution < -0.4 is 0 Å². The molecule has 0 spiro atoms. The van der Waals surface area contributed by atoms with Crippen molar-refractivity contribution in [3.8, 4) is 0 Å². The maximum atomic E-state index is 11.1. The molecule has 2 saturated carbocycles. The van der Waals surface area contributed by atoms with E-state index in [9.17, 15) is 4.79 Å². The molecule has 1 N–H and O–H groups in total. The fourth-order valence-corrected chi connectivity index (χ4v) is 9.25. The van der Waals surface area contributed by atoms with Gasteiger partial charge in [0.1, 0.15) is 5.82 Å². The van der Waals surface area contributed by atoms with Crippen LogP contribution in [-0.2, 0) is 11.3 Å². The molecule has 1 aromatic heterocycles. The highest BCUT2D eigenvalue weighted by Gasteiger charge is 2.45. The number of nitrogens with zero attached hydrogens (tertiary/aromatic N) is 5. The van der Waals surface area contributed by atoms with Crippen molar-refractivity contribution in [3.63, 3.8) is 0 Å². The van der Waals surface area contributed by atoms with Gasteiger partial charge in [-0.3, -0.25) is 19.5 Å². The molecule has 7 nitrogen and oxygen atoms in total. The van der Waals surface area contributed by atoms with Gasteiger partial charge < -0.3 is 9.67 Å². The zero-order valence-electron chi connectivity index (χ0n) is 22.9. The SMILES string of the molecule is O=C(O)CN1CCN(Cc2nc3ccccc3n2C2C[C@H]3CCC[C@@H](C2)N3[C@H]2C[C@@H]3CCC[C@@H](C3)C2)CC1. The minimum atomic E-state index is -0.728. The smallest absolute Gasteiger partial charge is 0.317 e. The van der Waals surface area contributed by atoms with Crippen molar-refractivity contribution < 1.29 is 9.90 Å². The van der Waals surface area contributed by atoms with E-state index in [-0.39, 0.29) is 6.54 Å². The first-order chi connectivity index (χ1) is 18.6. The van der Waals surface area contributed by atoms with Gasteiger partial charge >= 0.3 is 5.97 Å². The van der Waals surface area contributed by atoms with Crippen molar-refractivity contribution in [1.29, 1.82) is 0 Å². The third-order valence-electron chi connectivity index (χ3n) is 10.8. The molecule has 3 aliphatic heterocycles. The second-order valence-electron chi connectivity index (χ2n) is 13.2. The Bertz CT molecular complexity index is 1110. The molecular formula is C31H45N5O2. The summed E-state index contributed by atoms with van der Waals surface area (Å²) in [5.74, 6) is 2.47. The third kappa shape index (κ3) is 4.90. The van der Waals surface area contributed by atoms with Gasteiger partial charge in [-0.2, -0.15) is 0 Å². The lowest BCUT2D eigenvalue weighted by molar-refractivity contribution is -0.138. The zero-order valence-corrected chi connectivity index (χ0v) is 22.9. The number of fused-ring (bicyclic) bond motifs is 5. The summed E-state index contributed by atoms with van der Waals surface area (Å²) in [4.78, 5) is 23.9. The standard InChI is InChI=1S/C31H45N5O2/c37-31(38)21-34-13-11-33(12-14-34)20-30-32-28-9-1-2-10-29(28)36(30)27-18-24-7-4-8-25(19-27)35(24)26-16-22-5-3-6-23(15-22)17-26/h1-2,9-10,22-27H,3-8,11-21H2,(H,37,38)/t22-,23+,24-,25+,26+,27?. The van der Waals surface area contributed by atoms with Crippen molar-refractivity contribution in [1.82, 2.24) is 24.3 Å². The van der Waals surface area contributed by atoms with E-state index in [1.54, 1.807) is 0 Å². The number of aliphatic carboxylic acids is 1. The number of rotatable bonds is 6. The number of carbonyl (C=O) groups is 1. The van der Waals surface area contributed by atoms with E-state index >= 15 is 0 Å². The number of benzene rings is 1. The average molecular weight is 520 g/mol. The Morgan fingerprint density at radius 1 is 0.789 bits per heavy atom. The first-order valence-corrected chi connectivity index (χ1v) is 15.5. The van der Waals surface area contributed by atoms with Gasteiger partial charge in [0.05, 0.1) is 24.1 Å². The van der Waals surface area contributed by atoms with Crippen LogP contribution in [0, 0.1) is 11.8 Å². The number of hydrogen-bond acceptors (Lipinski definition) is 5. The van der Waals surface area contributed by atoms with Gasteiger partial charge in [0.15, 0.2) is 0 Å². The minimum absolute atomic E-state index is 0.149. The van der Waals surface area contributed by atoms with Gasteiger partial charge in [0.25, 0.3) is 0 Å². The topological polar surface area (TPSA) is 64.8 Å². The van der Waals surface area contributed by atoms with Crippen molar-refractivity contribution >= 4 is 17.0 Å². The summed E-state index contributed by atoms with van der Waals surface area (Å²) in [6.07, 6.45) is 15.5. The number of aromatic nitrogens is 2. The lowest BCUT2D eigenvalue weighted by Crippen LogP contribution is -2.58. The van der Waals surface area contributed by atoms with E-state index in [2.05, 4.69) is 43.5 Å². The fourth-order valence-electron chi connectivity index (χ4n) is 9.25. The molecule has 3 saturated heterocycles. The molecule has 7 rings (SSSR count). The summed E-state index contributed by atoms with van der Waals surface area (Å²) in [7, 11) is 0. The highest BCUT2D eigenvalue weighted by molar-refractivity contribution is 5.76. The summed E-state index contributed by atoms with van der Waals surface area (Å²) in [5, 5.41) is 9.17. The van der Waals surface area contributed by atoms with Gasteiger partial charge in [-0.05, 0) is 68.9 Å². The van der Waals surface area contributed by atoms with Crippen LogP contribution in [0.15, 0.2) is 24.3 Å². The van der Waals surface area contributed by atoms with E-state index in [0.717, 1.165) is 68.2 Å². The normalized spacial score (nSPS) is 34.9. The van der Waals surface area contributed by atoms with Crippen molar-refractivity contribution in [2.45, 2.75) is 101 Å². The van der Waals surface area contributed by atoms with Gasteiger partial charge in [0, 0.05) is 50.3 Å². The molecule has 38 heavy (non-hydrogen) atoms. The predicted molar refractivity (Wildman–Crippen MR) is 149 cm³/mol. The van der Waals surface area contributed by atoms with Crippen LogP contribution in [-0.4, -0.2) is 86.2 Å². The number of piperidine rings is 2. The lowest BCUT2D eigenvalue weighted by Gasteiger charge is -2.55. The van der Waals surface area contributed by atoms with Gasteiger partial charge in [-0.25, -0.2) is 4.98 Å². The second-order valence-corrected chi connectivity index (χ2v) is 13.2. The number of carboxylic acid groups (broad SMARTS) is 1. The first kappa shape index (κ1) is 25.0. The van der Waals surface area contributed by atoms with Crippen LogP contribution >= 0.6 is 0 Å². The molecule has 4 bridgehead atoms. The highest BCUT2D eigenvalue weighted by Crippen LogP contribution is 2.48. The van der Waals surface area contributed by atoms with Crippen LogP contribution in [0.4, 0.5) is 0 Å². The molecule has 1 aromatic carbocycles. The number of carboxylic acids is 1. The van der Waals surface area contributed by atoms with Crippen LogP contribution in [0.3, 0.4) is 0 Å². The lowest BCUT2D eigenvalue weighted by atomic mass is 9.68. The molecule has 0 amide bonds. The van der Waals surface area contributed by atoms with Gasteiger partial charge in [-0.15, -0.1) is 0 Å². The Balaban J connectivity index is 1.11. The summed E-state index contributed by atoms with van der Waals surface area (Å²) < 4.78 is 2.64. The molecular weight excluding hydrogens is 474 g/mol. The fraction of sp³-hybridized carbons (Fsp3) is 0.742. The monoisotopic (exact) mass is 519 g/mol. The van der Waals surface area contributed by atoms with Crippen LogP contribution in [0.25, 0.3) is 11.0 Å². The molecule has 5 fully saturated rings. The largest absolute Gasteiger partial charge is 0.480 e. The summed E-state index contributed by atoms with van der Waals surface area (Å²) >= 11 is 0. The zero-order chi connectivity index (χ0) is 25.6. The second kappa shape index (κ2) is 10.5. The highest BCUT2D eigenvalue weighted by atomic mass is 16.4. The number of imidazole rings is 1. The molecule has 5 aliphatic rings. The Labute approximate surface area is 227 Å². The number of hydrogen-bond donors (Lipinski definition) is 1. The van der Waals surface area contributed by atoms with Crippen LogP contribution in [0.5, 0.6) is 0 Å². The molecule has 2 aliphatic carbocycles. The maximum absolute atomic E-state index is 11.1. The van der Waals surface area contributed by atoms with Crippen molar-refractivity contribution in [3.05, 3.63) is 30.1 Å². The minimum Gasteiger partial charge on any atom is -0.480 e. The van der Waals surface area contributed by atoms with Gasteiger partial charge in [0.2, 0.25) is 0 Å². The number of para-hydroxylation sites is 2. The van der Waals surface area contributed by atoms with Crippen LogP contribution in [0.2, 0.25) is 0 Å². The van der Waals surface area contributed by atoms with Gasteiger partial charge in [-0.1, -0.05) is 37.8 Å². The Morgan fingerprint density at radius 2 is 1.45 bits per heavy atom. The Hall–Kier alpha value is -1.96. The summed E-state index contributed by atoms with van der Waals surface area (Å²) in [5.41, 5.74) is 2.43. The van der Waals surface area contributed by atoms with Crippen LogP contribution in [0.1, 0.15) is 82.5 Å². The van der Waals surface area contributed by atoms with E-state index in [1.807, 2.05) is 0 Å². The van der Waals surface area contributed by atoms with E-state index in [0.29, 0.717) is 6.04 Å². The van der Waals surface area contributed by atoms with E-state index in [4.69, 9.17) is 10.1 Å². The molecule has 6 atom stereocenters. The summed E-state index contributed by atoms with van der Waals surface area (Å²) in [6, 6.07) is 11.6. The Morgan fingerprint density at radius 3 is 2.16 bits per heavy atom. The molecule has 4 heterocycles. The van der Waals surface area contributed by atoms with Crippen molar-refractivity contribution in [2.75, 3.05) is 32.7 Å². The number of piperazine rings is 1. The van der Waals surface area contributed by atoms with E-state index in [1.165, 1.54) is 82.0 Å². The molecule has 206 valence electrons. The molecule has 0 radical (unpaired) electrons. The third-order valence-corrected chi connectivity index (χ3v) is 10.8. The summed E-state index contributed by atoms with van der Waals surface area (Å²) in [6.45, 7) is 4.46. The average Bonchev–Trinajstić information content (AvgIpc) is 3.26. The quantitative estimate of drug-likeness (QED) is 0.593. The molecule has 1 unspecified atom stereocenters. The molecule has 7 heteroatoms. The molecule has 2 aromatic rings. The van der Waals surface area contributed by atoms with E-state index < -0.39 is 5.97 Å². The predicted octanol–water partition coefficient (Wildman–Crippen LogP) is 4.77. The first-order valence-electron chi connectivity index (χ1n) is 15.5. The maximum Gasteiger partial charge on any atom is 0.317 e. The Kier molecular flexibility index (Phi) is 6.95. The van der Waals surface area contributed by atoms with Crippen molar-refractivity contribution in [2.24, 2.45) is 11.8 Å².